The number of aromatic nitrogens is 2. The van der Waals surface area contributed by atoms with Crippen molar-refractivity contribution in [1.82, 2.24) is 15.3 Å². The molecule has 0 fully saturated rings. The smallest absolute Gasteiger partial charge is 0.323 e. The number of hydrogen-bond donors (Lipinski definition) is 3. The lowest BCUT2D eigenvalue weighted by Gasteiger charge is -2.16. The number of H-pyrrole nitrogens is 2. The van der Waals surface area contributed by atoms with Crippen molar-refractivity contribution >= 4 is 11.0 Å². The molecular formula is C13H17F2N3O2. The van der Waals surface area contributed by atoms with Gasteiger partial charge in [-0.25, -0.2) is 13.6 Å². The number of benzene rings is 1. The van der Waals surface area contributed by atoms with Crippen LogP contribution in [-0.4, -0.2) is 36.7 Å². The van der Waals surface area contributed by atoms with E-state index in [1.54, 1.807) is 7.05 Å². The van der Waals surface area contributed by atoms with E-state index >= 15 is 0 Å². The van der Waals surface area contributed by atoms with Crippen molar-refractivity contribution in [3.8, 4) is 0 Å². The van der Waals surface area contributed by atoms with E-state index in [-0.39, 0.29) is 18.3 Å². The maximum atomic E-state index is 12.0. The number of imidazole rings is 1. The third-order valence-electron chi connectivity index (χ3n) is 3.09. The van der Waals surface area contributed by atoms with Crippen LogP contribution >= 0.6 is 0 Å². The number of nitrogens with one attached hydrogen (secondary N) is 3. The van der Waals surface area contributed by atoms with Gasteiger partial charge in [-0.1, -0.05) is 6.07 Å². The Morgan fingerprint density at radius 2 is 2.05 bits per heavy atom. The van der Waals surface area contributed by atoms with Gasteiger partial charge in [-0.05, 0) is 31.2 Å². The molecule has 2 rings (SSSR count). The Labute approximate surface area is 114 Å². The predicted molar refractivity (Wildman–Crippen MR) is 72.2 cm³/mol. The van der Waals surface area contributed by atoms with Gasteiger partial charge in [0, 0.05) is 12.6 Å². The summed E-state index contributed by atoms with van der Waals surface area (Å²) >= 11 is 0. The third-order valence-corrected chi connectivity index (χ3v) is 3.09. The van der Waals surface area contributed by atoms with E-state index in [1.807, 2.05) is 18.2 Å². The highest BCUT2D eigenvalue weighted by Crippen LogP contribution is 2.20. The Morgan fingerprint density at radius 3 is 2.75 bits per heavy atom. The molecule has 0 aliphatic rings. The fourth-order valence-corrected chi connectivity index (χ4v) is 2.12. The lowest BCUT2D eigenvalue weighted by Crippen LogP contribution is -2.19. The largest absolute Gasteiger partial charge is 0.375 e. The molecule has 0 aliphatic heterocycles. The summed E-state index contributed by atoms with van der Waals surface area (Å²) in [5, 5.41) is 3.11. The van der Waals surface area contributed by atoms with E-state index < -0.39 is 13.0 Å². The first-order valence-corrected chi connectivity index (χ1v) is 6.35. The normalized spacial score (nSPS) is 13.2. The summed E-state index contributed by atoms with van der Waals surface area (Å²) < 4.78 is 28.8. The lowest BCUT2D eigenvalue weighted by atomic mass is 10.0. The van der Waals surface area contributed by atoms with Crippen molar-refractivity contribution in [3.05, 3.63) is 34.2 Å². The summed E-state index contributed by atoms with van der Waals surface area (Å²) in [6, 6.07) is 5.55. The van der Waals surface area contributed by atoms with E-state index in [9.17, 15) is 13.6 Å². The van der Waals surface area contributed by atoms with Gasteiger partial charge < -0.3 is 20.0 Å². The summed E-state index contributed by atoms with van der Waals surface area (Å²) in [6.45, 7) is -0.294. The molecule has 1 aromatic heterocycles. The van der Waals surface area contributed by atoms with Crippen LogP contribution in [0.25, 0.3) is 11.0 Å². The van der Waals surface area contributed by atoms with Crippen LogP contribution < -0.4 is 11.0 Å². The van der Waals surface area contributed by atoms with Crippen LogP contribution in [0.3, 0.4) is 0 Å². The van der Waals surface area contributed by atoms with Gasteiger partial charge in [0.05, 0.1) is 11.0 Å². The van der Waals surface area contributed by atoms with Gasteiger partial charge in [-0.15, -0.1) is 0 Å². The summed E-state index contributed by atoms with van der Waals surface area (Å²) in [6.07, 6.45) is -1.87. The number of alkyl halides is 2. The minimum atomic E-state index is -2.44. The van der Waals surface area contributed by atoms with E-state index in [1.165, 1.54) is 0 Å². The summed E-state index contributed by atoms with van der Waals surface area (Å²) in [4.78, 5) is 16.6. The average Bonchev–Trinajstić information content (AvgIpc) is 2.77. The summed E-state index contributed by atoms with van der Waals surface area (Å²) in [5.74, 6) is 0. The molecule has 0 radical (unpaired) electrons. The zero-order chi connectivity index (χ0) is 14.5. The average molecular weight is 285 g/mol. The molecular weight excluding hydrogens is 268 g/mol. The number of ether oxygens (including phenoxy) is 1. The fourth-order valence-electron chi connectivity index (χ4n) is 2.12. The van der Waals surface area contributed by atoms with Gasteiger partial charge in [0.1, 0.15) is 6.61 Å². The molecule has 1 heterocycles. The van der Waals surface area contributed by atoms with Crippen LogP contribution in [0.15, 0.2) is 23.0 Å². The van der Waals surface area contributed by atoms with E-state index in [4.69, 9.17) is 4.74 Å². The van der Waals surface area contributed by atoms with Crippen molar-refractivity contribution in [1.29, 1.82) is 0 Å². The minimum Gasteiger partial charge on any atom is -0.375 e. The van der Waals surface area contributed by atoms with Crippen molar-refractivity contribution in [2.45, 2.75) is 18.9 Å². The van der Waals surface area contributed by atoms with Crippen LogP contribution in [0.4, 0.5) is 8.78 Å². The maximum absolute atomic E-state index is 12.0. The summed E-state index contributed by atoms with van der Waals surface area (Å²) in [7, 11) is 1.79. The first kappa shape index (κ1) is 14.7. The highest BCUT2D eigenvalue weighted by molar-refractivity contribution is 5.75. The quantitative estimate of drug-likeness (QED) is 0.679. The van der Waals surface area contributed by atoms with Gasteiger partial charge in [-0.3, -0.25) is 0 Å². The van der Waals surface area contributed by atoms with Crippen LogP contribution in [-0.2, 0) is 4.74 Å². The number of hydrogen-bond acceptors (Lipinski definition) is 3. The summed E-state index contributed by atoms with van der Waals surface area (Å²) in [5.41, 5.74) is 2.18. The molecule has 7 heteroatoms. The first-order chi connectivity index (χ1) is 9.60. The van der Waals surface area contributed by atoms with E-state index in [0.29, 0.717) is 6.42 Å². The van der Waals surface area contributed by atoms with E-state index in [0.717, 1.165) is 16.6 Å². The molecule has 0 amide bonds. The van der Waals surface area contributed by atoms with Crippen molar-refractivity contribution in [2.75, 3.05) is 20.3 Å². The zero-order valence-corrected chi connectivity index (χ0v) is 11.1. The zero-order valence-electron chi connectivity index (χ0n) is 11.1. The molecule has 2 aromatic rings. The van der Waals surface area contributed by atoms with Gasteiger partial charge in [0.2, 0.25) is 0 Å². The standard InChI is InChI=1S/C13H17F2N3O2/c1-16-9(4-5-20-7-12(14)15)8-2-3-10-11(6-8)18-13(19)17-10/h2-3,6,9,12,16H,4-5,7H2,1H3,(H2,17,18,19). The molecule has 5 nitrogen and oxygen atoms in total. The Hall–Kier alpha value is -1.73. The molecule has 1 unspecified atom stereocenters. The second-order valence-electron chi connectivity index (χ2n) is 4.48. The highest BCUT2D eigenvalue weighted by Gasteiger charge is 2.11. The van der Waals surface area contributed by atoms with Crippen LogP contribution in [0.5, 0.6) is 0 Å². The lowest BCUT2D eigenvalue weighted by molar-refractivity contribution is 0.0145. The first-order valence-electron chi connectivity index (χ1n) is 6.35. The van der Waals surface area contributed by atoms with Gasteiger partial charge in [0.25, 0.3) is 6.43 Å². The number of halogens is 2. The monoisotopic (exact) mass is 285 g/mol. The fraction of sp³-hybridized carbons (Fsp3) is 0.462. The topological polar surface area (TPSA) is 69.9 Å². The van der Waals surface area contributed by atoms with Gasteiger partial charge in [0.15, 0.2) is 0 Å². The molecule has 0 aliphatic carbocycles. The Balaban J connectivity index is 2.03. The van der Waals surface area contributed by atoms with E-state index in [2.05, 4.69) is 15.3 Å². The van der Waals surface area contributed by atoms with Crippen LogP contribution in [0.1, 0.15) is 18.0 Å². The number of aromatic amines is 2. The molecule has 110 valence electrons. The van der Waals surface area contributed by atoms with Gasteiger partial charge in [-0.2, -0.15) is 0 Å². The number of rotatable bonds is 7. The SMILES string of the molecule is CNC(CCOCC(F)F)c1ccc2[nH]c(=O)[nH]c2c1. The molecule has 1 aromatic carbocycles. The number of fused-ring (bicyclic) bond motifs is 1. The highest BCUT2D eigenvalue weighted by atomic mass is 19.3. The molecule has 0 spiro atoms. The molecule has 20 heavy (non-hydrogen) atoms. The van der Waals surface area contributed by atoms with Crippen molar-refractivity contribution in [3.63, 3.8) is 0 Å². The van der Waals surface area contributed by atoms with Crippen molar-refractivity contribution in [2.24, 2.45) is 0 Å². The molecule has 0 saturated carbocycles. The molecule has 1 atom stereocenters. The molecule has 0 bridgehead atoms. The van der Waals surface area contributed by atoms with Gasteiger partial charge >= 0.3 is 5.69 Å². The Kier molecular flexibility index (Phi) is 4.86. The minimum absolute atomic E-state index is 0.0181. The molecule has 3 N–H and O–H groups in total. The van der Waals surface area contributed by atoms with Crippen LogP contribution in [0, 0.1) is 0 Å². The second-order valence-corrected chi connectivity index (χ2v) is 4.48. The third kappa shape index (κ3) is 3.64. The predicted octanol–water partition coefficient (Wildman–Crippen LogP) is 1.79. The van der Waals surface area contributed by atoms with Crippen LogP contribution in [0.2, 0.25) is 0 Å². The second kappa shape index (κ2) is 6.62. The Morgan fingerprint density at radius 1 is 1.30 bits per heavy atom. The maximum Gasteiger partial charge on any atom is 0.323 e. The van der Waals surface area contributed by atoms with Crippen molar-refractivity contribution < 1.29 is 13.5 Å². The Bertz CT molecular complexity index is 609. The molecule has 0 saturated heterocycles.